The van der Waals surface area contributed by atoms with Gasteiger partial charge in [-0.3, -0.25) is 9.59 Å². The van der Waals surface area contributed by atoms with E-state index in [0.717, 1.165) is 11.1 Å². The maximum atomic E-state index is 12.4. The lowest BCUT2D eigenvalue weighted by atomic mass is 9.97. The summed E-state index contributed by atoms with van der Waals surface area (Å²) >= 11 is 0. The standard InChI is InChI=1S/C21H23NO6S/c1-4-27-15-6-5-7-16(11-15)29(25,26)22-19(24)12-28-18-9-8-13(2)20-14(3)10-17(23)21(18)20/h5-9,11,14H,4,10,12H2,1-3H3,(H,22,24). The number of ether oxygens (including phenoxy) is 2. The second-order valence-electron chi connectivity index (χ2n) is 6.92. The Morgan fingerprint density at radius 3 is 2.69 bits per heavy atom. The molecule has 8 heteroatoms. The molecule has 29 heavy (non-hydrogen) atoms. The molecule has 0 fully saturated rings. The van der Waals surface area contributed by atoms with Crippen molar-refractivity contribution in [3.8, 4) is 11.5 Å². The van der Waals surface area contributed by atoms with Gasteiger partial charge in [-0.05, 0) is 49.1 Å². The van der Waals surface area contributed by atoms with Crippen molar-refractivity contribution in [2.45, 2.75) is 38.0 Å². The molecule has 1 N–H and O–H groups in total. The Hall–Kier alpha value is -2.87. The van der Waals surface area contributed by atoms with Crippen LogP contribution in [0.4, 0.5) is 0 Å². The lowest BCUT2D eigenvalue weighted by molar-refractivity contribution is -0.121. The van der Waals surface area contributed by atoms with Crippen LogP contribution in [-0.2, 0) is 14.8 Å². The van der Waals surface area contributed by atoms with Crippen molar-refractivity contribution in [3.63, 3.8) is 0 Å². The van der Waals surface area contributed by atoms with E-state index in [1.54, 1.807) is 19.1 Å². The average Bonchev–Trinajstić information content (AvgIpc) is 2.97. The third kappa shape index (κ3) is 4.42. The number of hydrogen-bond acceptors (Lipinski definition) is 6. The smallest absolute Gasteiger partial charge is 0.271 e. The van der Waals surface area contributed by atoms with Crippen LogP contribution in [0.15, 0.2) is 41.3 Å². The van der Waals surface area contributed by atoms with Gasteiger partial charge in [-0.15, -0.1) is 0 Å². The number of hydrogen-bond donors (Lipinski definition) is 1. The van der Waals surface area contributed by atoms with E-state index in [4.69, 9.17) is 9.47 Å². The van der Waals surface area contributed by atoms with Gasteiger partial charge in [0.05, 0.1) is 17.1 Å². The maximum Gasteiger partial charge on any atom is 0.271 e. The Morgan fingerprint density at radius 2 is 1.97 bits per heavy atom. The number of sulfonamides is 1. The summed E-state index contributed by atoms with van der Waals surface area (Å²) in [4.78, 5) is 24.4. The van der Waals surface area contributed by atoms with Crippen molar-refractivity contribution >= 4 is 21.7 Å². The van der Waals surface area contributed by atoms with Crippen LogP contribution in [0.2, 0.25) is 0 Å². The summed E-state index contributed by atoms with van der Waals surface area (Å²) < 4.78 is 37.7. The fraction of sp³-hybridized carbons (Fsp3) is 0.333. The third-order valence-corrected chi connectivity index (χ3v) is 6.09. The molecule has 0 heterocycles. The molecule has 0 radical (unpaired) electrons. The van der Waals surface area contributed by atoms with E-state index in [1.807, 2.05) is 24.6 Å². The number of amides is 1. The quantitative estimate of drug-likeness (QED) is 0.744. The SMILES string of the molecule is CCOc1cccc(S(=O)(=O)NC(=O)COc2ccc(C)c3c2C(=O)CC3C)c1. The van der Waals surface area contributed by atoms with Gasteiger partial charge in [-0.25, -0.2) is 13.1 Å². The zero-order valence-corrected chi connectivity index (χ0v) is 17.3. The number of Topliss-reactive ketones (excluding diaryl/α,β-unsaturated/α-hetero) is 1. The second-order valence-corrected chi connectivity index (χ2v) is 8.61. The molecule has 0 spiro atoms. The van der Waals surface area contributed by atoms with Crippen molar-refractivity contribution in [3.05, 3.63) is 53.1 Å². The number of benzene rings is 2. The van der Waals surface area contributed by atoms with Gasteiger partial charge in [0, 0.05) is 12.5 Å². The molecule has 154 valence electrons. The predicted molar refractivity (Wildman–Crippen MR) is 107 cm³/mol. The molecule has 1 aliphatic rings. The largest absolute Gasteiger partial charge is 0.494 e. The van der Waals surface area contributed by atoms with Crippen LogP contribution >= 0.6 is 0 Å². The van der Waals surface area contributed by atoms with Gasteiger partial charge in [0.2, 0.25) is 0 Å². The normalized spacial score (nSPS) is 15.7. The molecule has 1 atom stereocenters. The first-order valence-corrected chi connectivity index (χ1v) is 10.8. The van der Waals surface area contributed by atoms with E-state index >= 15 is 0 Å². The topological polar surface area (TPSA) is 98.8 Å². The van der Waals surface area contributed by atoms with Gasteiger partial charge in [0.1, 0.15) is 11.5 Å². The Labute approximate surface area is 170 Å². The van der Waals surface area contributed by atoms with Gasteiger partial charge in [0.25, 0.3) is 15.9 Å². The van der Waals surface area contributed by atoms with Gasteiger partial charge in [0.15, 0.2) is 12.4 Å². The minimum Gasteiger partial charge on any atom is -0.494 e. The molecule has 0 aromatic heterocycles. The Morgan fingerprint density at radius 1 is 1.21 bits per heavy atom. The molecule has 7 nitrogen and oxygen atoms in total. The van der Waals surface area contributed by atoms with E-state index in [2.05, 4.69) is 0 Å². The van der Waals surface area contributed by atoms with Crippen LogP contribution in [0, 0.1) is 6.92 Å². The number of ketones is 1. The van der Waals surface area contributed by atoms with Crippen LogP contribution in [0.1, 0.15) is 47.7 Å². The molecule has 1 amide bonds. The monoisotopic (exact) mass is 417 g/mol. The summed E-state index contributed by atoms with van der Waals surface area (Å²) in [6.07, 6.45) is 0.396. The summed E-state index contributed by atoms with van der Waals surface area (Å²) in [6, 6.07) is 9.33. The number of aryl methyl sites for hydroxylation is 1. The minimum absolute atomic E-state index is 0.0352. The molecule has 2 aromatic rings. The minimum atomic E-state index is -4.07. The molecule has 1 unspecified atom stereocenters. The predicted octanol–water partition coefficient (Wildman–Crippen LogP) is 2.97. The molecule has 2 aromatic carbocycles. The second kappa shape index (κ2) is 8.24. The van der Waals surface area contributed by atoms with Gasteiger partial charge in [-0.1, -0.05) is 19.1 Å². The maximum absolute atomic E-state index is 12.4. The van der Waals surface area contributed by atoms with Crippen molar-refractivity contribution < 1.29 is 27.5 Å². The summed E-state index contributed by atoms with van der Waals surface area (Å²) in [5, 5.41) is 0. The molecule has 1 aliphatic carbocycles. The van der Waals surface area contributed by atoms with Gasteiger partial charge in [-0.2, -0.15) is 0 Å². The highest BCUT2D eigenvalue weighted by Gasteiger charge is 2.31. The first-order valence-electron chi connectivity index (χ1n) is 9.31. The molecule has 0 saturated heterocycles. The van der Waals surface area contributed by atoms with Crippen LogP contribution in [-0.4, -0.2) is 33.3 Å². The lowest BCUT2D eigenvalue weighted by Gasteiger charge is -2.13. The molecular weight excluding hydrogens is 394 g/mol. The summed E-state index contributed by atoms with van der Waals surface area (Å²) in [5.74, 6) is -0.0905. The van der Waals surface area contributed by atoms with E-state index in [9.17, 15) is 18.0 Å². The van der Waals surface area contributed by atoms with Crippen LogP contribution < -0.4 is 14.2 Å². The Kier molecular flexibility index (Phi) is 5.93. The van der Waals surface area contributed by atoms with Crippen LogP contribution in [0.5, 0.6) is 11.5 Å². The van der Waals surface area contributed by atoms with E-state index in [1.165, 1.54) is 18.2 Å². The molecule has 0 saturated carbocycles. The van der Waals surface area contributed by atoms with Crippen molar-refractivity contribution in [2.75, 3.05) is 13.2 Å². The molecular formula is C21H23NO6S. The number of carbonyl (C=O) groups is 2. The third-order valence-electron chi connectivity index (χ3n) is 4.72. The number of rotatable bonds is 7. The zero-order valence-electron chi connectivity index (χ0n) is 16.5. The van der Waals surface area contributed by atoms with Gasteiger partial charge < -0.3 is 9.47 Å². The summed E-state index contributed by atoms with van der Waals surface area (Å²) in [7, 11) is -4.07. The summed E-state index contributed by atoms with van der Waals surface area (Å²) in [6.45, 7) is 5.54. The Bertz CT molecular complexity index is 1060. The molecule has 0 aliphatic heterocycles. The highest BCUT2D eigenvalue weighted by atomic mass is 32.2. The van der Waals surface area contributed by atoms with Crippen molar-refractivity contribution in [1.82, 2.24) is 4.72 Å². The van der Waals surface area contributed by atoms with Crippen LogP contribution in [0.3, 0.4) is 0 Å². The fourth-order valence-corrected chi connectivity index (χ4v) is 4.51. The first kappa shape index (κ1) is 20.9. The Balaban J connectivity index is 1.71. The van der Waals surface area contributed by atoms with Crippen molar-refractivity contribution in [2.24, 2.45) is 0 Å². The van der Waals surface area contributed by atoms with Crippen molar-refractivity contribution in [1.29, 1.82) is 0 Å². The number of nitrogens with one attached hydrogen (secondary N) is 1. The molecule has 0 bridgehead atoms. The van der Waals surface area contributed by atoms with E-state index in [0.29, 0.717) is 30.1 Å². The molecule has 3 rings (SSSR count). The van der Waals surface area contributed by atoms with E-state index < -0.39 is 22.5 Å². The van der Waals surface area contributed by atoms with E-state index in [-0.39, 0.29) is 16.6 Å². The highest BCUT2D eigenvalue weighted by molar-refractivity contribution is 7.90. The average molecular weight is 417 g/mol. The number of fused-ring (bicyclic) bond motifs is 1. The van der Waals surface area contributed by atoms with Gasteiger partial charge >= 0.3 is 0 Å². The zero-order chi connectivity index (χ0) is 21.2. The van der Waals surface area contributed by atoms with Crippen LogP contribution in [0.25, 0.3) is 0 Å². The fourth-order valence-electron chi connectivity index (χ4n) is 3.51. The lowest BCUT2D eigenvalue weighted by Crippen LogP contribution is -2.34. The highest BCUT2D eigenvalue weighted by Crippen LogP contribution is 2.40. The number of carbonyl (C=O) groups excluding carboxylic acids is 2. The summed E-state index contributed by atoms with van der Waals surface area (Å²) in [5.41, 5.74) is 2.40. The first-order chi connectivity index (χ1) is 13.7.